The summed E-state index contributed by atoms with van der Waals surface area (Å²) in [4.78, 5) is 24.2. The van der Waals surface area contributed by atoms with Crippen molar-refractivity contribution in [2.75, 3.05) is 5.32 Å². The van der Waals surface area contributed by atoms with E-state index in [9.17, 15) is 14.7 Å². The average molecular weight is 420 g/mol. The number of rotatable bonds is 7. The molecule has 0 aromatic heterocycles. The second-order valence-electron chi connectivity index (χ2n) is 5.91. The van der Waals surface area contributed by atoms with E-state index in [1.807, 2.05) is 0 Å². The molecular formula is C21H19Cl2NO4. The van der Waals surface area contributed by atoms with E-state index in [1.54, 1.807) is 61.5 Å². The zero-order chi connectivity index (χ0) is 20.7. The minimum Gasteiger partial charge on any atom is -0.478 e. The van der Waals surface area contributed by atoms with Crippen LogP contribution in [-0.4, -0.2) is 17.0 Å². The fourth-order valence-corrected chi connectivity index (χ4v) is 2.95. The summed E-state index contributed by atoms with van der Waals surface area (Å²) in [7, 11) is 0. The molecule has 7 heteroatoms. The zero-order valence-corrected chi connectivity index (χ0v) is 16.8. The number of hydrogen-bond acceptors (Lipinski definition) is 4. The summed E-state index contributed by atoms with van der Waals surface area (Å²) >= 11 is 12.4. The van der Waals surface area contributed by atoms with Gasteiger partial charge < -0.3 is 15.2 Å². The molecule has 2 rings (SSSR count). The largest absolute Gasteiger partial charge is 0.478 e. The second kappa shape index (κ2) is 9.44. The van der Waals surface area contributed by atoms with Crippen LogP contribution in [0.5, 0.6) is 0 Å². The summed E-state index contributed by atoms with van der Waals surface area (Å²) in [6.07, 6.45) is 5.99. The Bertz CT molecular complexity index is 920. The number of benzene rings is 2. The lowest BCUT2D eigenvalue weighted by Crippen LogP contribution is -2.37. The number of esters is 1. The maximum Gasteiger partial charge on any atom is 0.352 e. The molecule has 2 aromatic carbocycles. The first-order valence-corrected chi connectivity index (χ1v) is 9.11. The number of para-hydroxylation sites is 2. The Morgan fingerprint density at radius 3 is 2.32 bits per heavy atom. The van der Waals surface area contributed by atoms with Gasteiger partial charge >= 0.3 is 11.9 Å². The fourth-order valence-electron chi connectivity index (χ4n) is 2.45. The van der Waals surface area contributed by atoms with Crippen LogP contribution in [0.3, 0.4) is 0 Å². The second-order valence-corrected chi connectivity index (χ2v) is 6.73. The van der Waals surface area contributed by atoms with Gasteiger partial charge in [0, 0.05) is 17.3 Å². The summed E-state index contributed by atoms with van der Waals surface area (Å²) in [5.74, 6) is -2.10. The Balaban J connectivity index is 2.46. The molecule has 5 nitrogen and oxygen atoms in total. The van der Waals surface area contributed by atoms with Crippen molar-refractivity contribution in [3.63, 3.8) is 0 Å². The number of carbonyl (C=O) groups is 2. The summed E-state index contributed by atoms with van der Waals surface area (Å²) in [5, 5.41) is 13.6. The van der Waals surface area contributed by atoms with Crippen molar-refractivity contribution in [1.82, 2.24) is 0 Å². The number of carboxylic acid groups (broad SMARTS) is 1. The van der Waals surface area contributed by atoms with Gasteiger partial charge in [0.25, 0.3) is 0 Å². The van der Waals surface area contributed by atoms with Gasteiger partial charge in [-0.05, 0) is 32.0 Å². The van der Waals surface area contributed by atoms with Crippen LogP contribution in [0, 0.1) is 0 Å². The number of carbonyl (C=O) groups excluding carboxylic acids is 1. The van der Waals surface area contributed by atoms with E-state index in [-0.39, 0.29) is 5.56 Å². The SMILES string of the molecule is C/C=C/C=C/C(=O)OC(C)(C(=O)O)c1ccccc1Nc1c(Cl)cccc1Cl. The first kappa shape index (κ1) is 21.5. The van der Waals surface area contributed by atoms with Gasteiger partial charge in [0.1, 0.15) is 0 Å². The molecule has 146 valence electrons. The molecule has 0 amide bonds. The van der Waals surface area contributed by atoms with Gasteiger partial charge in [-0.15, -0.1) is 0 Å². The Labute approximate surface area is 173 Å². The summed E-state index contributed by atoms with van der Waals surface area (Å²) in [5.41, 5.74) is -0.876. The van der Waals surface area contributed by atoms with E-state index in [2.05, 4.69) is 5.32 Å². The third-order valence-electron chi connectivity index (χ3n) is 3.91. The van der Waals surface area contributed by atoms with E-state index in [4.69, 9.17) is 27.9 Å². The monoisotopic (exact) mass is 419 g/mol. The van der Waals surface area contributed by atoms with Crippen LogP contribution in [0.2, 0.25) is 10.0 Å². The van der Waals surface area contributed by atoms with Crippen molar-refractivity contribution in [2.45, 2.75) is 19.4 Å². The third kappa shape index (κ3) is 4.94. The van der Waals surface area contributed by atoms with Crippen molar-refractivity contribution in [3.05, 3.63) is 82.4 Å². The van der Waals surface area contributed by atoms with Gasteiger partial charge in [-0.2, -0.15) is 0 Å². The third-order valence-corrected chi connectivity index (χ3v) is 4.54. The number of carboxylic acids is 1. The van der Waals surface area contributed by atoms with Crippen molar-refractivity contribution in [2.24, 2.45) is 0 Å². The van der Waals surface area contributed by atoms with Crippen LogP contribution in [0.1, 0.15) is 19.4 Å². The highest BCUT2D eigenvalue weighted by atomic mass is 35.5. The van der Waals surface area contributed by atoms with E-state index < -0.39 is 17.5 Å². The van der Waals surface area contributed by atoms with Crippen LogP contribution in [-0.2, 0) is 19.9 Å². The van der Waals surface area contributed by atoms with Crippen LogP contribution in [0.25, 0.3) is 0 Å². The van der Waals surface area contributed by atoms with Gasteiger partial charge in [-0.1, -0.05) is 65.7 Å². The van der Waals surface area contributed by atoms with Crippen LogP contribution in [0.4, 0.5) is 11.4 Å². The van der Waals surface area contributed by atoms with Crippen molar-refractivity contribution < 1.29 is 19.4 Å². The molecule has 0 bridgehead atoms. The molecule has 0 fully saturated rings. The number of nitrogens with one attached hydrogen (secondary N) is 1. The molecule has 0 saturated heterocycles. The van der Waals surface area contributed by atoms with E-state index in [1.165, 1.54) is 13.0 Å². The van der Waals surface area contributed by atoms with Crippen molar-refractivity contribution >= 4 is 46.5 Å². The quantitative estimate of drug-likeness (QED) is 0.341. The molecule has 28 heavy (non-hydrogen) atoms. The first-order valence-electron chi connectivity index (χ1n) is 8.36. The normalized spacial score (nSPS) is 13.4. The van der Waals surface area contributed by atoms with Gasteiger partial charge in [-0.3, -0.25) is 0 Å². The van der Waals surface area contributed by atoms with Gasteiger partial charge in [0.2, 0.25) is 5.60 Å². The predicted octanol–water partition coefficient (Wildman–Crippen LogP) is 5.71. The highest BCUT2D eigenvalue weighted by molar-refractivity contribution is 6.39. The predicted molar refractivity (Wildman–Crippen MR) is 111 cm³/mol. The maximum atomic E-state index is 12.1. The number of aliphatic carboxylic acids is 1. The minimum absolute atomic E-state index is 0.242. The molecule has 0 aliphatic carbocycles. The molecule has 0 spiro atoms. The molecule has 0 aliphatic rings. The van der Waals surface area contributed by atoms with Crippen molar-refractivity contribution in [3.8, 4) is 0 Å². The van der Waals surface area contributed by atoms with E-state index in [0.717, 1.165) is 6.08 Å². The number of ether oxygens (including phenoxy) is 1. The van der Waals surface area contributed by atoms with Crippen LogP contribution >= 0.6 is 23.2 Å². The molecule has 1 unspecified atom stereocenters. The molecule has 2 N–H and O–H groups in total. The van der Waals surface area contributed by atoms with Gasteiger partial charge in [0.05, 0.1) is 15.7 Å². The average Bonchev–Trinajstić information content (AvgIpc) is 2.65. The number of allylic oxidation sites excluding steroid dienone is 3. The highest BCUT2D eigenvalue weighted by Crippen LogP contribution is 2.37. The first-order chi connectivity index (χ1) is 13.3. The van der Waals surface area contributed by atoms with E-state index >= 15 is 0 Å². The molecule has 0 saturated carbocycles. The maximum absolute atomic E-state index is 12.1. The standard InChI is InChI=1S/C21H19Cl2NO4/c1-3-4-5-13-18(25)28-21(2,20(26)27)14-9-6-7-12-17(14)24-19-15(22)10-8-11-16(19)23/h3-13,24H,1-2H3,(H,26,27)/b4-3+,13-5+. The lowest BCUT2D eigenvalue weighted by molar-refractivity contribution is -0.174. The summed E-state index contributed by atoms with van der Waals surface area (Å²) < 4.78 is 5.31. The Kier molecular flexibility index (Phi) is 7.26. The zero-order valence-electron chi connectivity index (χ0n) is 15.3. The molecule has 1 atom stereocenters. The Hall–Kier alpha value is -2.76. The topological polar surface area (TPSA) is 75.6 Å². The van der Waals surface area contributed by atoms with Gasteiger partial charge in [0.15, 0.2) is 0 Å². The van der Waals surface area contributed by atoms with Crippen LogP contribution < -0.4 is 5.32 Å². The molecule has 0 aliphatic heterocycles. The Morgan fingerprint density at radius 2 is 1.71 bits per heavy atom. The summed E-state index contributed by atoms with van der Waals surface area (Å²) in [6.45, 7) is 3.10. The molecule has 0 radical (unpaired) electrons. The lowest BCUT2D eigenvalue weighted by atomic mass is 9.93. The highest BCUT2D eigenvalue weighted by Gasteiger charge is 2.41. The smallest absolute Gasteiger partial charge is 0.352 e. The minimum atomic E-state index is -1.94. The van der Waals surface area contributed by atoms with Gasteiger partial charge in [-0.25, -0.2) is 9.59 Å². The van der Waals surface area contributed by atoms with Crippen molar-refractivity contribution in [1.29, 1.82) is 0 Å². The molecule has 2 aromatic rings. The van der Waals surface area contributed by atoms with Crippen LogP contribution in [0.15, 0.2) is 66.8 Å². The van der Waals surface area contributed by atoms with E-state index in [0.29, 0.717) is 21.4 Å². The number of hydrogen-bond donors (Lipinski definition) is 2. The lowest BCUT2D eigenvalue weighted by Gasteiger charge is -2.27. The fraction of sp³-hybridized carbons (Fsp3) is 0.143. The molecular weight excluding hydrogens is 401 g/mol. The number of anilines is 2. The summed E-state index contributed by atoms with van der Waals surface area (Å²) in [6, 6.07) is 11.6. The number of halogens is 2. The Morgan fingerprint density at radius 1 is 1.07 bits per heavy atom. The molecule has 0 heterocycles.